The Morgan fingerprint density at radius 1 is 0.941 bits per heavy atom. The molecule has 0 aromatic carbocycles. The minimum Gasteiger partial charge on any atom is -0.396 e. The summed E-state index contributed by atoms with van der Waals surface area (Å²) in [5.74, 6) is -0.494. The fourth-order valence-corrected chi connectivity index (χ4v) is 2.45. The second kappa shape index (κ2) is 7.28. The number of rotatable bonds is 7. The number of nitrogens with one attached hydrogen (secondary N) is 1. The molecule has 1 aliphatic rings. The van der Waals surface area contributed by atoms with E-state index >= 15 is 0 Å². The summed E-state index contributed by atoms with van der Waals surface area (Å²) in [4.78, 5) is 0. The molecule has 0 aromatic rings. The Morgan fingerprint density at radius 3 is 2.24 bits per heavy atom. The Balaban J connectivity index is 2.35. The van der Waals surface area contributed by atoms with Gasteiger partial charge < -0.3 is 25.7 Å². The fourth-order valence-electron chi connectivity index (χ4n) is 2.45. The van der Waals surface area contributed by atoms with Gasteiger partial charge >= 0.3 is 0 Å². The first kappa shape index (κ1) is 14.9. The Hall–Kier alpha value is -0.200. The lowest BCUT2D eigenvalue weighted by Gasteiger charge is -2.22. The molecule has 0 heterocycles. The predicted octanol–water partition coefficient (Wildman–Crippen LogP) is -0.770. The highest BCUT2D eigenvalue weighted by Gasteiger charge is 2.47. The third-order valence-electron chi connectivity index (χ3n) is 3.59. The van der Waals surface area contributed by atoms with E-state index in [9.17, 15) is 15.3 Å². The molecule has 17 heavy (non-hydrogen) atoms. The van der Waals surface area contributed by atoms with Crippen LogP contribution in [0.2, 0.25) is 0 Å². The van der Waals surface area contributed by atoms with Crippen molar-refractivity contribution in [2.45, 2.75) is 57.0 Å². The van der Waals surface area contributed by atoms with Gasteiger partial charge in [0, 0.05) is 12.0 Å². The van der Waals surface area contributed by atoms with Crippen LogP contribution in [0.15, 0.2) is 0 Å². The topological polar surface area (TPSA) is 93.0 Å². The Morgan fingerprint density at radius 2 is 1.65 bits per heavy atom. The van der Waals surface area contributed by atoms with Gasteiger partial charge in [0.25, 0.3) is 0 Å². The van der Waals surface area contributed by atoms with E-state index in [0.29, 0.717) is 0 Å². The van der Waals surface area contributed by atoms with Gasteiger partial charge in [0.15, 0.2) is 0 Å². The van der Waals surface area contributed by atoms with Gasteiger partial charge in [0.05, 0.1) is 18.8 Å². The van der Waals surface area contributed by atoms with Crippen LogP contribution in [0.3, 0.4) is 0 Å². The van der Waals surface area contributed by atoms with Crippen molar-refractivity contribution < 1.29 is 20.4 Å². The highest BCUT2D eigenvalue weighted by atomic mass is 16.4. The minimum absolute atomic E-state index is 0.234. The van der Waals surface area contributed by atoms with Crippen molar-refractivity contribution in [1.29, 1.82) is 0 Å². The van der Waals surface area contributed by atoms with Crippen molar-refractivity contribution >= 4 is 0 Å². The van der Waals surface area contributed by atoms with Crippen LogP contribution >= 0.6 is 0 Å². The molecular formula is C12H25NO4. The first-order chi connectivity index (χ1) is 8.13. The van der Waals surface area contributed by atoms with Crippen molar-refractivity contribution in [2.24, 2.45) is 5.92 Å². The third-order valence-corrected chi connectivity index (χ3v) is 3.59. The summed E-state index contributed by atoms with van der Waals surface area (Å²) in [6.07, 6.45) is 1.26. The van der Waals surface area contributed by atoms with E-state index in [-0.39, 0.29) is 6.61 Å². The maximum Gasteiger partial charge on any atom is 0.108 e. The largest absolute Gasteiger partial charge is 0.396 e. The first-order valence-corrected chi connectivity index (χ1v) is 6.52. The molecule has 102 valence electrons. The van der Waals surface area contributed by atoms with Crippen molar-refractivity contribution in [3.8, 4) is 0 Å². The van der Waals surface area contributed by atoms with Crippen molar-refractivity contribution in [2.75, 3.05) is 13.2 Å². The average Bonchev–Trinajstić information content (AvgIpc) is 2.53. The van der Waals surface area contributed by atoms with Gasteiger partial charge in [0.2, 0.25) is 0 Å². The van der Waals surface area contributed by atoms with E-state index in [1.165, 1.54) is 12.8 Å². The summed E-state index contributed by atoms with van der Waals surface area (Å²) in [5, 5.41) is 41.2. The summed E-state index contributed by atoms with van der Waals surface area (Å²) in [6, 6.07) is -0.424. The molecule has 0 unspecified atom stereocenters. The lowest BCUT2D eigenvalue weighted by atomic mass is 10.0. The van der Waals surface area contributed by atoms with E-state index in [1.807, 2.05) is 0 Å². The van der Waals surface area contributed by atoms with Gasteiger partial charge in [-0.15, -0.1) is 0 Å². The standard InChI is InChI=1S/C12H25NO4/c1-2-3-4-5-6-13-9-8(7-14)10(15)12(17)11(9)16/h8-17H,2-7H2,1H3/t8-,9+,10+,11-,12-/m0/s1. The van der Waals surface area contributed by atoms with Crippen LogP contribution in [0.4, 0.5) is 0 Å². The average molecular weight is 247 g/mol. The second-order valence-electron chi connectivity index (χ2n) is 4.86. The van der Waals surface area contributed by atoms with Gasteiger partial charge in [-0.2, -0.15) is 0 Å². The molecule has 5 heteroatoms. The molecule has 0 amide bonds. The zero-order valence-electron chi connectivity index (χ0n) is 10.4. The van der Waals surface area contributed by atoms with Gasteiger partial charge in [-0.3, -0.25) is 0 Å². The molecule has 5 N–H and O–H groups in total. The first-order valence-electron chi connectivity index (χ1n) is 6.52. The lowest BCUT2D eigenvalue weighted by Crippen LogP contribution is -2.44. The summed E-state index contributed by atoms with van der Waals surface area (Å²) in [6.45, 7) is 2.64. The van der Waals surface area contributed by atoms with E-state index < -0.39 is 30.3 Å². The molecule has 5 nitrogen and oxygen atoms in total. The van der Waals surface area contributed by atoms with Gasteiger partial charge in [-0.1, -0.05) is 26.2 Å². The van der Waals surface area contributed by atoms with Gasteiger partial charge in [-0.05, 0) is 13.0 Å². The Labute approximate surface area is 102 Å². The van der Waals surface area contributed by atoms with Crippen LogP contribution in [-0.4, -0.2) is 57.9 Å². The van der Waals surface area contributed by atoms with Crippen molar-refractivity contribution in [3.63, 3.8) is 0 Å². The molecule has 1 fully saturated rings. The lowest BCUT2D eigenvalue weighted by molar-refractivity contribution is -0.0311. The number of unbranched alkanes of at least 4 members (excludes halogenated alkanes) is 3. The Bertz CT molecular complexity index is 215. The Kier molecular flexibility index (Phi) is 6.37. The second-order valence-corrected chi connectivity index (χ2v) is 4.86. The quantitative estimate of drug-likeness (QED) is 0.381. The fraction of sp³-hybridized carbons (Fsp3) is 1.00. The molecule has 0 radical (unpaired) electrons. The summed E-state index contributed by atoms with van der Waals surface area (Å²) < 4.78 is 0. The summed E-state index contributed by atoms with van der Waals surface area (Å²) >= 11 is 0. The smallest absolute Gasteiger partial charge is 0.108 e. The highest BCUT2D eigenvalue weighted by Crippen LogP contribution is 2.27. The third kappa shape index (κ3) is 3.63. The predicted molar refractivity (Wildman–Crippen MR) is 64.5 cm³/mol. The molecule has 0 spiro atoms. The zero-order valence-corrected chi connectivity index (χ0v) is 10.4. The van der Waals surface area contributed by atoms with E-state index in [2.05, 4.69) is 12.2 Å². The minimum atomic E-state index is -1.17. The summed E-state index contributed by atoms with van der Waals surface area (Å²) in [7, 11) is 0. The van der Waals surface area contributed by atoms with E-state index in [0.717, 1.165) is 19.4 Å². The van der Waals surface area contributed by atoms with Crippen LogP contribution < -0.4 is 5.32 Å². The molecule has 0 aliphatic heterocycles. The molecule has 0 saturated heterocycles. The maximum atomic E-state index is 9.75. The summed E-state index contributed by atoms with van der Waals surface area (Å²) in [5.41, 5.74) is 0. The monoisotopic (exact) mass is 247 g/mol. The zero-order chi connectivity index (χ0) is 12.8. The van der Waals surface area contributed by atoms with Crippen molar-refractivity contribution in [1.82, 2.24) is 5.32 Å². The van der Waals surface area contributed by atoms with Crippen LogP contribution in [-0.2, 0) is 0 Å². The SMILES string of the molecule is CCCCCCN[C@H]1[C@H](O)[C@@H](O)[C@H](O)[C@H]1CO. The van der Waals surface area contributed by atoms with Crippen LogP contribution in [0.5, 0.6) is 0 Å². The number of hydrogen-bond donors (Lipinski definition) is 5. The maximum absolute atomic E-state index is 9.75. The number of aliphatic hydroxyl groups is 4. The molecule has 1 aliphatic carbocycles. The van der Waals surface area contributed by atoms with E-state index in [4.69, 9.17) is 5.11 Å². The molecule has 1 saturated carbocycles. The normalized spacial score (nSPS) is 37.6. The van der Waals surface area contributed by atoms with Gasteiger partial charge in [-0.25, -0.2) is 0 Å². The van der Waals surface area contributed by atoms with E-state index in [1.54, 1.807) is 0 Å². The number of hydrogen-bond acceptors (Lipinski definition) is 5. The highest BCUT2D eigenvalue weighted by molar-refractivity contribution is 5.01. The molecule has 5 atom stereocenters. The van der Waals surface area contributed by atoms with Gasteiger partial charge in [0.1, 0.15) is 6.10 Å². The molecule has 0 aromatic heterocycles. The molecule has 0 bridgehead atoms. The van der Waals surface area contributed by atoms with Crippen LogP contribution in [0, 0.1) is 5.92 Å². The number of aliphatic hydroxyl groups excluding tert-OH is 4. The van der Waals surface area contributed by atoms with Crippen LogP contribution in [0.25, 0.3) is 0 Å². The van der Waals surface area contributed by atoms with Crippen LogP contribution in [0.1, 0.15) is 32.6 Å². The van der Waals surface area contributed by atoms with Crippen molar-refractivity contribution in [3.05, 3.63) is 0 Å². The molecule has 1 rings (SSSR count). The molecular weight excluding hydrogens is 222 g/mol.